The third kappa shape index (κ3) is 6.11. The SMILES string of the molecule is CC(C)(C)NC(=S)NCCCNC(=O)N1CCCC2CCCCC21. The maximum absolute atomic E-state index is 12.5. The van der Waals surface area contributed by atoms with Crippen LogP contribution in [0.5, 0.6) is 0 Å². The molecule has 0 aromatic carbocycles. The molecule has 2 amide bonds. The smallest absolute Gasteiger partial charge is 0.317 e. The first kappa shape index (κ1) is 19.3. The normalized spacial score (nSPS) is 24.0. The molecular weight excluding hydrogens is 320 g/mol. The first-order chi connectivity index (χ1) is 11.4. The van der Waals surface area contributed by atoms with E-state index in [0.29, 0.717) is 17.7 Å². The van der Waals surface area contributed by atoms with Crippen molar-refractivity contribution in [3.63, 3.8) is 0 Å². The van der Waals surface area contributed by atoms with Gasteiger partial charge in [0.1, 0.15) is 0 Å². The van der Waals surface area contributed by atoms with Crippen LogP contribution in [0.1, 0.15) is 65.7 Å². The summed E-state index contributed by atoms with van der Waals surface area (Å²) >= 11 is 5.25. The Morgan fingerprint density at radius 2 is 1.75 bits per heavy atom. The molecule has 1 aliphatic heterocycles. The fourth-order valence-electron chi connectivity index (χ4n) is 3.85. The molecule has 2 atom stereocenters. The molecule has 0 bridgehead atoms. The van der Waals surface area contributed by atoms with Gasteiger partial charge < -0.3 is 20.9 Å². The number of hydrogen-bond acceptors (Lipinski definition) is 2. The largest absolute Gasteiger partial charge is 0.363 e. The number of urea groups is 1. The minimum atomic E-state index is -0.0247. The van der Waals surface area contributed by atoms with Gasteiger partial charge in [-0.1, -0.05) is 12.8 Å². The van der Waals surface area contributed by atoms with Gasteiger partial charge in [-0.2, -0.15) is 0 Å². The molecule has 0 radical (unpaired) electrons. The second-order valence-corrected chi connectivity index (χ2v) is 8.57. The van der Waals surface area contributed by atoms with E-state index in [9.17, 15) is 4.79 Å². The van der Waals surface area contributed by atoms with Crippen LogP contribution >= 0.6 is 12.2 Å². The van der Waals surface area contributed by atoms with Crippen LogP contribution < -0.4 is 16.0 Å². The molecule has 24 heavy (non-hydrogen) atoms. The number of amides is 2. The average molecular weight is 355 g/mol. The van der Waals surface area contributed by atoms with Gasteiger partial charge in [-0.25, -0.2) is 4.79 Å². The molecule has 2 fully saturated rings. The summed E-state index contributed by atoms with van der Waals surface area (Å²) in [6.07, 6.45) is 8.43. The van der Waals surface area contributed by atoms with Crippen molar-refractivity contribution in [1.29, 1.82) is 0 Å². The van der Waals surface area contributed by atoms with Crippen LogP contribution in [0.25, 0.3) is 0 Å². The van der Waals surface area contributed by atoms with E-state index in [1.807, 2.05) is 0 Å². The standard InChI is InChI=1S/C18H34N4OS/c1-18(2,3)21-16(24)19-11-7-12-20-17(23)22-13-6-9-14-8-4-5-10-15(14)22/h14-15H,4-13H2,1-3H3,(H,20,23)(H2,19,21,24). The van der Waals surface area contributed by atoms with Gasteiger partial charge >= 0.3 is 6.03 Å². The van der Waals surface area contributed by atoms with Gasteiger partial charge in [-0.3, -0.25) is 0 Å². The maximum Gasteiger partial charge on any atom is 0.317 e. The zero-order valence-corrected chi connectivity index (χ0v) is 16.3. The Morgan fingerprint density at radius 3 is 2.50 bits per heavy atom. The van der Waals surface area contributed by atoms with Crippen LogP contribution in [0.2, 0.25) is 0 Å². The Kier molecular flexibility index (Phi) is 7.14. The number of thiocarbonyl (C=S) groups is 1. The summed E-state index contributed by atoms with van der Waals surface area (Å²) in [6.45, 7) is 8.63. The maximum atomic E-state index is 12.5. The van der Waals surface area contributed by atoms with Gasteiger partial charge in [0.05, 0.1) is 0 Å². The van der Waals surface area contributed by atoms with E-state index in [-0.39, 0.29) is 11.6 Å². The summed E-state index contributed by atoms with van der Waals surface area (Å²) in [6, 6.07) is 0.608. The molecule has 1 saturated carbocycles. The molecule has 0 aromatic rings. The topological polar surface area (TPSA) is 56.4 Å². The van der Waals surface area contributed by atoms with E-state index < -0.39 is 0 Å². The number of rotatable bonds is 4. The summed E-state index contributed by atoms with van der Waals surface area (Å²) in [4.78, 5) is 14.6. The highest BCUT2D eigenvalue weighted by molar-refractivity contribution is 7.80. The Labute approximate surface area is 152 Å². The molecule has 0 spiro atoms. The molecule has 1 heterocycles. The molecule has 5 nitrogen and oxygen atoms in total. The summed E-state index contributed by atoms with van der Waals surface area (Å²) < 4.78 is 0. The molecule has 1 aliphatic carbocycles. The van der Waals surface area contributed by atoms with Crippen molar-refractivity contribution in [1.82, 2.24) is 20.9 Å². The lowest BCUT2D eigenvalue weighted by atomic mass is 9.78. The Morgan fingerprint density at radius 1 is 1.08 bits per heavy atom. The predicted octanol–water partition coefficient (Wildman–Crippen LogP) is 3.00. The van der Waals surface area contributed by atoms with Crippen molar-refractivity contribution >= 4 is 23.4 Å². The molecule has 138 valence electrons. The van der Waals surface area contributed by atoms with Gasteiger partial charge in [0.15, 0.2) is 5.11 Å². The lowest BCUT2D eigenvalue weighted by molar-refractivity contribution is 0.0843. The van der Waals surface area contributed by atoms with Crippen molar-refractivity contribution in [2.45, 2.75) is 77.3 Å². The van der Waals surface area contributed by atoms with E-state index >= 15 is 0 Å². The molecule has 6 heteroatoms. The van der Waals surface area contributed by atoms with Gasteiger partial charge in [-0.05, 0) is 71.0 Å². The van der Waals surface area contributed by atoms with Gasteiger partial charge in [-0.15, -0.1) is 0 Å². The van der Waals surface area contributed by atoms with E-state index in [1.165, 1.54) is 32.1 Å². The van der Waals surface area contributed by atoms with Crippen molar-refractivity contribution < 1.29 is 4.79 Å². The zero-order valence-electron chi connectivity index (χ0n) is 15.5. The van der Waals surface area contributed by atoms with Crippen molar-refractivity contribution in [2.24, 2.45) is 5.92 Å². The number of piperidine rings is 1. The Hall–Kier alpha value is -1.04. The van der Waals surface area contributed by atoms with Crippen LogP contribution in [0.3, 0.4) is 0 Å². The minimum Gasteiger partial charge on any atom is -0.363 e. The molecule has 2 rings (SSSR count). The van der Waals surface area contributed by atoms with Crippen LogP contribution in [0.15, 0.2) is 0 Å². The monoisotopic (exact) mass is 354 g/mol. The quantitative estimate of drug-likeness (QED) is 0.537. The summed E-state index contributed by atoms with van der Waals surface area (Å²) in [7, 11) is 0. The van der Waals surface area contributed by atoms with Crippen molar-refractivity contribution in [3.8, 4) is 0 Å². The van der Waals surface area contributed by atoms with E-state index in [1.54, 1.807) is 0 Å². The summed E-state index contributed by atoms with van der Waals surface area (Å²) in [5.74, 6) is 0.737. The molecular formula is C18H34N4OS. The summed E-state index contributed by atoms with van der Waals surface area (Å²) in [5.41, 5.74) is -0.0247. The zero-order chi connectivity index (χ0) is 17.6. The molecule has 2 aliphatic rings. The fourth-order valence-corrected chi connectivity index (χ4v) is 4.26. The number of hydrogen-bond donors (Lipinski definition) is 3. The number of likely N-dealkylation sites (tertiary alicyclic amines) is 1. The Bertz CT molecular complexity index is 433. The second-order valence-electron chi connectivity index (χ2n) is 8.16. The van der Waals surface area contributed by atoms with Crippen LogP contribution in [-0.4, -0.2) is 47.3 Å². The average Bonchev–Trinajstić information content (AvgIpc) is 2.52. The lowest BCUT2D eigenvalue weighted by Gasteiger charge is -2.44. The first-order valence-electron chi connectivity index (χ1n) is 9.47. The highest BCUT2D eigenvalue weighted by atomic mass is 32.1. The third-order valence-corrected chi connectivity index (χ3v) is 5.15. The number of carbonyl (C=O) groups is 1. The number of nitrogens with zero attached hydrogens (tertiary/aromatic N) is 1. The lowest BCUT2D eigenvalue weighted by Crippen LogP contribution is -2.53. The van der Waals surface area contributed by atoms with E-state index in [0.717, 1.165) is 31.8 Å². The molecule has 0 aromatic heterocycles. The predicted molar refractivity (Wildman–Crippen MR) is 103 cm³/mol. The number of nitrogens with one attached hydrogen (secondary N) is 3. The van der Waals surface area contributed by atoms with E-state index in [4.69, 9.17) is 12.2 Å². The van der Waals surface area contributed by atoms with Crippen LogP contribution in [-0.2, 0) is 0 Å². The molecule has 1 saturated heterocycles. The van der Waals surface area contributed by atoms with E-state index in [2.05, 4.69) is 41.6 Å². The number of fused-ring (bicyclic) bond motifs is 1. The van der Waals surface area contributed by atoms with Gasteiger partial charge in [0.2, 0.25) is 0 Å². The Balaban J connectivity index is 1.63. The highest BCUT2D eigenvalue weighted by Gasteiger charge is 2.35. The summed E-state index contributed by atoms with van der Waals surface area (Å²) in [5, 5.41) is 10.2. The fraction of sp³-hybridized carbons (Fsp3) is 0.889. The molecule has 3 N–H and O–H groups in total. The second kappa shape index (κ2) is 8.88. The third-order valence-electron chi connectivity index (χ3n) is 4.91. The molecule has 2 unspecified atom stereocenters. The highest BCUT2D eigenvalue weighted by Crippen LogP contribution is 2.35. The number of carbonyl (C=O) groups excluding carboxylic acids is 1. The van der Waals surface area contributed by atoms with Crippen molar-refractivity contribution in [3.05, 3.63) is 0 Å². The van der Waals surface area contributed by atoms with Gasteiger partial charge in [0, 0.05) is 31.2 Å². The minimum absolute atomic E-state index is 0.0247. The van der Waals surface area contributed by atoms with Crippen LogP contribution in [0.4, 0.5) is 4.79 Å². The van der Waals surface area contributed by atoms with Crippen LogP contribution in [0, 0.1) is 5.92 Å². The van der Waals surface area contributed by atoms with Gasteiger partial charge in [0.25, 0.3) is 0 Å². The van der Waals surface area contributed by atoms with Crippen molar-refractivity contribution in [2.75, 3.05) is 19.6 Å². The first-order valence-corrected chi connectivity index (χ1v) is 9.88.